The zero-order valence-corrected chi connectivity index (χ0v) is 16.2. The summed E-state index contributed by atoms with van der Waals surface area (Å²) in [6.07, 6.45) is 1.50. The summed E-state index contributed by atoms with van der Waals surface area (Å²) in [6, 6.07) is 11.1. The van der Waals surface area contributed by atoms with E-state index in [1.165, 1.54) is 11.8 Å². The monoisotopic (exact) mass is 453 g/mol. The molecule has 7 heteroatoms. The number of nitrogens with one attached hydrogen (secondary N) is 1. The minimum Gasteiger partial charge on any atom is -0.490 e. The average molecular weight is 453 g/mol. The van der Waals surface area contributed by atoms with Crippen molar-refractivity contribution in [1.29, 1.82) is 0 Å². The molecule has 0 atom stereocenters. The number of nitrogens with zero attached hydrogens (tertiary/aromatic N) is 1. The maximum atomic E-state index is 10.7. The second kappa shape index (κ2) is 9.26. The summed E-state index contributed by atoms with van der Waals surface area (Å²) >= 11 is 2.19. The summed E-state index contributed by atoms with van der Waals surface area (Å²) < 4.78 is 12.6. The lowest BCUT2D eigenvalue weighted by Crippen LogP contribution is -2.24. The molecule has 0 saturated heterocycles. The van der Waals surface area contributed by atoms with Gasteiger partial charge < -0.3 is 15.2 Å². The predicted octanol–water partition coefficient (Wildman–Crippen LogP) is 3.58. The number of amides is 2. The van der Waals surface area contributed by atoms with Crippen molar-refractivity contribution >= 4 is 34.8 Å². The Hall–Kier alpha value is -2.29. The van der Waals surface area contributed by atoms with Gasteiger partial charge in [-0.3, -0.25) is 0 Å². The molecule has 0 aliphatic heterocycles. The maximum absolute atomic E-state index is 10.7. The van der Waals surface area contributed by atoms with E-state index in [4.69, 9.17) is 15.2 Å². The number of nitrogens with two attached hydrogens (primary N) is 1. The molecule has 3 N–H and O–H groups in total. The van der Waals surface area contributed by atoms with Gasteiger partial charge in [0.15, 0.2) is 11.5 Å². The van der Waals surface area contributed by atoms with Crippen LogP contribution in [0.2, 0.25) is 0 Å². The molecule has 2 aromatic rings. The summed E-state index contributed by atoms with van der Waals surface area (Å²) in [5.74, 6) is 1.31. The first-order valence-electron chi connectivity index (χ1n) is 7.73. The minimum absolute atomic E-state index is 0.458. The Kier molecular flexibility index (Phi) is 7.05. The van der Waals surface area contributed by atoms with E-state index in [0.29, 0.717) is 24.7 Å². The van der Waals surface area contributed by atoms with Crippen molar-refractivity contribution in [2.24, 2.45) is 10.8 Å². The van der Waals surface area contributed by atoms with Crippen LogP contribution in [0, 0.1) is 10.5 Å². The summed E-state index contributed by atoms with van der Waals surface area (Å²) in [7, 11) is 0. The van der Waals surface area contributed by atoms with Gasteiger partial charge in [-0.1, -0.05) is 24.3 Å². The van der Waals surface area contributed by atoms with E-state index >= 15 is 0 Å². The van der Waals surface area contributed by atoms with Gasteiger partial charge >= 0.3 is 6.03 Å². The molecule has 2 rings (SSSR count). The number of aryl methyl sites for hydroxylation is 1. The number of primary amides is 1. The molecule has 0 heterocycles. The quantitative estimate of drug-likeness (QED) is 0.382. The second-order valence-electron chi connectivity index (χ2n) is 5.21. The smallest absolute Gasteiger partial charge is 0.332 e. The van der Waals surface area contributed by atoms with Crippen LogP contribution >= 0.6 is 22.6 Å². The van der Waals surface area contributed by atoms with E-state index in [0.717, 1.165) is 14.7 Å². The molecule has 0 aliphatic rings. The Morgan fingerprint density at radius 1 is 1.32 bits per heavy atom. The Balaban J connectivity index is 2.23. The highest BCUT2D eigenvalue weighted by atomic mass is 127. The van der Waals surface area contributed by atoms with Gasteiger partial charge in [0.25, 0.3) is 0 Å². The van der Waals surface area contributed by atoms with Crippen LogP contribution in [-0.2, 0) is 6.61 Å². The molecule has 132 valence electrons. The summed E-state index contributed by atoms with van der Waals surface area (Å²) in [5, 5.41) is 3.77. The van der Waals surface area contributed by atoms with Crippen molar-refractivity contribution in [3.05, 3.63) is 56.7 Å². The second-order valence-corrected chi connectivity index (χ2v) is 6.37. The van der Waals surface area contributed by atoms with Crippen LogP contribution in [0.1, 0.15) is 23.6 Å². The molecule has 0 saturated carbocycles. The molecule has 0 spiro atoms. The summed E-state index contributed by atoms with van der Waals surface area (Å²) in [5.41, 5.74) is 10.2. The van der Waals surface area contributed by atoms with Crippen LogP contribution in [0.3, 0.4) is 0 Å². The number of hydrogen-bond acceptors (Lipinski definition) is 4. The maximum Gasteiger partial charge on any atom is 0.332 e. The summed E-state index contributed by atoms with van der Waals surface area (Å²) in [4.78, 5) is 10.7. The molecule has 2 amide bonds. The van der Waals surface area contributed by atoms with Gasteiger partial charge in [-0.15, -0.1) is 0 Å². The van der Waals surface area contributed by atoms with E-state index in [-0.39, 0.29) is 0 Å². The van der Waals surface area contributed by atoms with E-state index in [9.17, 15) is 4.79 Å². The van der Waals surface area contributed by atoms with Crippen molar-refractivity contribution in [1.82, 2.24) is 5.43 Å². The number of halogens is 1. The Bertz CT molecular complexity index is 778. The van der Waals surface area contributed by atoms with Crippen molar-refractivity contribution in [2.45, 2.75) is 20.5 Å². The third-order valence-electron chi connectivity index (χ3n) is 3.35. The first-order valence-corrected chi connectivity index (χ1v) is 8.81. The molecular formula is C18H20IN3O3. The number of rotatable bonds is 7. The number of carbonyl (C=O) groups excluding carboxylic acids is 1. The zero-order valence-electron chi connectivity index (χ0n) is 14.1. The standard InChI is InChI=1S/C18H20IN3O3/c1-3-24-16-9-13(10-21-22-18(20)23)8-15(19)17(16)25-11-14-7-5-4-6-12(14)2/h4-10H,3,11H2,1-2H3,(H3,20,22,23)/b21-10-. The Labute approximate surface area is 160 Å². The van der Waals surface area contributed by atoms with Gasteiger partial charge in [0.2, 0.25) is 0 Å². The highest BCUT2D eigenvalue weighted by Gasteiger charge is 2.12. The zero-order chi connectivity index (χ0) is 18.2. The van der Waals surface area contributed by atoms with Crippen molar-refractivity contribution in [3.63, 3.8) is 0 Å². The van der Waals surface area contributed by atoms with Gasteiger partial charge in [0.1, 0.15) is 6.61 Å². The Morgan fingerprint density at radius 2 is 2.08 bits per heavy atom. The molecule has 0 unspecified atom stereocenters. The fourth-order valence-electron chi connectivity index (χ4n) is 2.16. The average Bonchev–Trinajstić information content (AvgIpc) is 2.55. The molecule has 2 aromatic carbocycles. The molecule has 25 heavy (non-hydrogen) atoms. The van der Waals surface area contributed by atoms with Crippen LogP contribution < -0.4 is 20.6 Å². The highest BCUT2D eigenvalue weighted by Crippen LogP contribution is 2.34. The molecule has 0 aromatic heterocycles. The van der Waals surface area contributed by atoms with Crippen LogP contribution in [-0.4, -0.2) is 18.9 Å². The number of carbonyl (C=O) groups is 1. The fourth-order valence-corrected chi connectivity index (χ4v) is 2.94. The van der Waals surface area contributed by atoms with Gasteiger partial charge in [0.05, 0.1) is 16.4 Å². The third kappa shape index (κ3) is 5.63. The van der Waals surface area contributed by atoms with E-state index in [1.54, 1.807) is 0 Å². The first-order chi connectivity index (χ1) is 12.0. The van der Waals surface area contributed by atoms with Gasteiger partial charge in [0, 0.05) is 0 Å². The highest BCUT2D eigenvalue weighted by molar-refractivity contribution is 14.1. The molecule has 0 bridgehead atoms. The van der Waals surface area contributed by atoms with Gasteiger partial charge in [-0.25, -0.2) is 10.2 Å². The van der Waals surface area contributed by atoms with Gasteiger partial charge in [-0.2, -0.15) is 5.10 Å². The number of benzene rings is 2. The van der Waals surface area contributed by atoms with E-state index in [2.05, 4.69) is 46.1 Å². The van der Waals surface area contributed by atoms with Crippen LogP contribution in [0.25, 0.3) is 0 Å². The van der Waals surface area contributed by atoms with E-state index < -0.39 is 6.03 Å². The SMILES string of the molecule is CCOc1cc(/C=N\NC(N)=O)cc(I)c1OCc1ccccc1C. The van der Waals surface area contributed by atoms with Crippen LogP contribution in [0.5, 0.6) is 11.5 Å². The largest absolute Gasteiger partial charge is 0.490 e. The normalized spacial score (nSPS) is 10.7. The summed E-state index contributed by atoms with van der Waals surface area (Å²) in [6.45, 7) is 4.93. The molecule has 0 fully saturated rings. The van der Waals surface area contributed by atoms with Crippen molar-refractivity contribution < 1.29 is 14.3 Å². The Morgan fingerprint density at radius 3 is 2.76 bits per heavy atom. The minimum atomic E-state index is -0.714. The lowest BCUT2D eigenvalue weighted by molar-refractivity contribution is 0.249. The van der Waals surface area contributed by atoms with Crippen LogP contribution in [0.4, 0.5) is 4.79 Å². The number of hydrazone groups is 1. The molecule has 0 aliphatic carbocycles. The van der Waals surface area contributed by atoms with E-state index in [1.807, 2.05) is 37.3 Å². The third-order valence-corrected chi connectivity index (χ3v) is 4.15. The molecule has 0 radical (unpaired) electrons. The topological polar surface area (TPSA) is 85.9 Å². The number of ether oxygens (including phenoxy) is 2. The fraction of sp³-hybridized carbons (Fsp3) is 0.222. The van der Waals surface area contributed by atoms with Crippen molar-refractivity contribution in [2.75, 3.05) is 6.61 Å². The number of hydrogen-bond donors (Lipinski definition) is 2. The lowest BCUT2D eigenvalue weighted by atomic mass is 10.1. The predicted molar refractivity (Wildman–Crippen MR) is 106 cm³/mol. The first kappa shape index (κ1) is 19.0. The van der Waals surface area contributed by atoms with Crippen molar-refractivity contribution in [3.8, 4) is 11.5 Å². The number of urea groups is 1. The van der Waals surface area contributed by atoms with Crippen LogP contribution in [0.15, 0.2) is 41.5 Å². The molecule has 6 nitrogen and oxygen atoms in total. The van der Waals surface area contributed by atoms with Gasteiger partial charge in [-0.05, 0) is 65.3 Å². The molecular weight excluding hydrogens is 433 g/mol. The lowest BCUT2D eigenvalue weighted by Gasteiger charge is -2.15.